The molecule has 0 spiro atoms. The first-order valence-corrected chi connectivity index (χ1v) is 10.3. The number of hydrogen-bond acceptors (Lipinski definition) is 2. The van der Waals surface area contributed by atoms with Crippen LogP contribution in [0.5, 0.6) is 0 Å². The predicted octanol–water partition coefficient (Wildman–Crippen LogP) is 4.55. The summed E-state index contributed by atoms with van der Waals surface area (Å²) in [5.74, 6) is 0.197. The van der Waals surface area contributed by atoms with Crippen LogP contribution in [0.25, 0.3) is 0 Å². The summed E-state index contributed by atoms with van der Waals surface area (Å²) in [5.41, 5.74) is 0.753. The lowest BCUT2D eigenvalue weighted by atomic mass is 9.87. The molecule has 2 amide bonds. The second kappa shape index (κ2) is 10.2. The van der Waals surface area contributed by atoms with Crippen molar-refractivity contribution in [2.45, 2.75) is 58.0 Å². The van der Waals surface area contributed by atoms with Gasteiger partial charge in [0, 0.05) is 17.6 Å². The fraction of sp³-hybridized carbons (Fsp3) is 0.600. The molecule has 1 atom stereocenters. The van der Waals surface area contributed by atoms with Crippen LogP contribution in [0.4, 0.5) is 0 Å². The topological polar surface area (TPSA) is 49.4 Å². The van der Waals surface area contributed by atoms with Crippen LogP contribution in [0.1, 0.15) is 57.6 Å². The average Bonchev–Trinajstić information content (AvgIpc) is 2.64. The van der Waals surface area contributed by atoms with Crippen LogP contribution in [-0.2, 0) is 9.59 Å². The minimum absolute atomic E-state index is 0.140. The predicted molar refractivity (Wildman–Crippen MR) is 106 cm³/mol. The van der Waals surface area contributed by atoms with Gasteiger partial charge in [0.25, 0.3) is 0 Å². The van der Waals surface area contributed by atoms with Gasteiger partial charge in [0.05, 0.1) is 0 Å². The molecule has 0 aromatic heterocycles. The molecule has 1 fully saturated rings. The van der Waals surface area contributed by atoms with Gasteiger partial charge in [-0.2, -0.15) is 0 Å². The summed E-state index contributed by atoms with van der Waals surface area (Å²) in [7, 11) is 0. The quantitative estimate of drug-likeness (QED) is 0.684. The first-order chi connectivity index (χ1) is 12.5. The number of nitrogens with one attached hydrogen (secondary N) is 1. The second-order valence-electron chi connectivity index (χ2n) is 7.14. The Morgan fingerprint density at radius 1 is 1.19 bits per heavy atom. The third-order valence-corrected chi connectivity index (χ3v) is 5.49. The van der Waals surface area contributed by atoms with Crippen LogP contribution in [0, 0.1) is 5.92 Å². The number of nitrogens with zero attached hydrogens (tertiary/aromatic N) is 1. The van der Waals surface area contributed by atoms with Crippen LogP contribution in [0.2, 0.25) is 5.02 Å². The van der Waals surface area contributed by atoms with Crippen molar-refractivity contribution in [1.29, 1.82) is 0 Å². The number of halogens is 2. The monoisotopic (exact) mass is 398 g/mol. The van der Waals surface area contributed by atoms with Crippen molar-refractivity contribution in [2.75, 3.05) is 12.4 Å². The van der Waals surface area contributed by atoms with Crippen LogP contribution in [-0.4, -0.2) is 35.2 Å². The van der Waals surface area contributed by atoms with E-state index in [4.69, 9.17) is 23.2 Å². The highest BCUT2D eigenvalue weighted by Crippen LogP contribution is 2.27. The zero-order valence-electron chi connectivity index (χ0n) is 15.5. The summed E-state index contributed by atoms with van der Waals surface area (Å²) < 4.78 is 0. The number of rotatable bonds is 7. The number of alkyl halides is 1. The molecule has 1 aromatic rings. The molecule has 0 bridgehead atoms. The summed E-state index contributed by atoms with van der Waals surface area (Å²) in [4.78, 5) is 27.1. The Hall–Kier alpha value is -1.26. The Morgan fingerprint density at radius 3 is 2.35 bits per heavy atom. The standard InChI is InChI=1S/C20H28Cl2N2O2/c1-3-12-24(18(25)13-21)19(15-6-8-16(22)9-7-15)20(26)23-17-10-4-14(2)5-11-17/h6-9,14,17,19H,3-5,10-13H2,1-2H3,(H,23,26)/t14?,17?,19-/m0/s1. The van der Waals surface area contributed by atoms with E-state index in [0.717, 1.165) is 37.7 Å². The molecule has 0 saturated heterocycles. The normalized spacial score (nSPS) is 21.1. The number of carbonyl (C=O) groups excluding carboxylic acids is 2. The van der Waals surface area contributed by atoms with Gasteiger partial charge in [-0.05, 0) is 55.7 Å². The number of amides is 2. The molecule has 0 unspecified atom stereocenters. The molecule has 2 rings (SSSR count). The molecular weight excluding hydrogens is 371 g/mol. The largest absolute Gasteiger partial charge is 0.351 e. The van der Waals surface area contributed by atoms with E-state index >= 15 is 0 Å². The van der Waals surface area contributed by atoms with E-state index < -0.39 is 6.04 Å². The molecule has 4 nitrogen and oxygen atoms in total. The fourth-order valence-electron chi connectivity index (χ4n) is 3.52. The van der Waals surface area contributed by atoms with Crippen LogP contribution >= 0.6 is 23.2 Å². The molecule has 1 saturated carbocycles. The number of benzene rings is 1. The first-order valence-electron chi connectivity index (χ1n) is 9.37. The molecule has 6 heteroatoms. The molecule has 0 radical (unpaired) electrons. The highest BCUT2D eigenvalue weighted by atomic mass is 35.5. The molecule has 26 heavy (non-hydrogen) atoms. The van der Waals surface area contributed by atoms with E-state index in [-0.39, 0.29) is 23.7 Å². The molecule has 1 aliphatic rings. The van der Waals surface area contributed by atoms with E-state index in [1.54, 1.807) is 29.2 Å². The van der Waals surface area contributed by atoms with E-state index in [2.05, 4.69) is 12.2 Å². The summed E-state index contributed by atoms with van der Waals surface area (Å²) in [6.45, 7) is 4.71. The van der Waals surface area contributed by atoms with Crippen molar-refractivity contribution in [3.8, 4) is 0 Å². The van der Waals surface area contributed by atoms with Gasteiger partial charge in [-0.25, -0.2) is 0 Å². The molecule has 144 valence electrons. The smallest absolute Gasteiger partial charge is 0.247 e. The van der Waals surface area contributed by atoms with Crippen LogP contribution in [0.3, 0.4) is 0 Å². The Kier molecular flexibility index (Phi) is 8.23. The third-order valence-electron chi connectivity index (χ3n) is 5.01. The van der Waals surface area contributed by atoms with Crippen molar-refractivity contribution in [3.05, 3.63) is 34.9 Å². The van der Waals surface area contributed by atoms with E-state index in [9.17, 15) is 9.59 Å². The maximum Gasteiger partial charge on any atom is 0.247 e. The molecular formula is C20H28Cl2N2O2. The van der Waals surface area contributed by atoms with Gasteiger partial charge >= 0.3 is 0 Å². The van der Waals surface area contributed by atoms with E-state index in [1.807, 2.05) is 6.92 Å². The maximum absolute atomic E-state index is 13.1. The molecule has 1 aromatic carbocycles. The van der Waals surface area contributed by atoms with Crippen LogP contribution < -0.4 is 5.32 Å². The maximum atomic E-state index is 13.1. The average molecular weight is 399 g/mol. The molecule has 0 aliphatic heterocycles. The Bertz CT molecular complexity index is 598. The lowest BCUT2D eigenvalue weighted by molar-refractivity contribution is -0.139. The summed E-state index contributed by atoms with van der Waals surface area (Å²) in [5, 5.41) is 3.76. The third kappa shape index (κ3) is 5.62. The second-order valence-corrected chi connectivity index (χ2v) is 7.84. The zero-order valence-corrected chi connectivity index (χ0v) is 17.0. The highest BCUT2D eigenvalue weighted by Gasteiger charge is 2.32. The van der Waals surface area contributed by atoms with Crippen molar-refractivity contribution in [3.63, 3.8) is 0 Å². The van der Waals surface area contributed by atoms with Gasteiger partial charge in [0.15, 0.2) is 0 Å². The van der Waals surface area contributed by atoms with Gasteiger partial charge in [-0.1, -0.05) is 37.6 Å². The fourth-order valence-corrected chi connectivity index (χ4v) is 3.80. The minimum atomic E-state index is -0.683. The molecule has 1 aliphatic carbocycles. The van der Waals surface area contributed by atoms with Gasteiger partial charge < -0.3 is 10.2 Å². The Morgan fingerprint density at radius 2 is 1.81 bits per heavy atom. The van der Waals surface area contributed by atoms with Gasteiger partial charge in [-0.15, -0.1) is 11.6 Å². The first kappa shape index (κ1) is 21.0. The van der Waals surface area contributed by atoms with Crippen molar-refractivity contribution < 1.29 is 9.59 Å². The van der Waals surface area contributed by atoms with Crippen molar-refractivity contribution in [2.24, 2.45) is 5.92 Å². The van der Waals surface area contributed by atoms with E-state index in [1.165, 1.54) is 0 Å². The van der Waals surface area contributed by atoms with Gasteiger partial charge in [0.1, 0.15) is 11.9 Å². The van der Waals surface area contributed by atoms with Crippen LogP contribution in [0.15, 0.2) is 24.3 Å². The Labute approximate surface area is 166 Å². The van der Waals surface area contributed by atoms with Gasteiger partial charge in [-0.3, -0.25) is 9.59 Å². The molecule has 1 N–H and O–H groups in total. The molecule has 0 heterocycles. The van der Waals surface area contributed by atoms with E-state index in [0.29, 0.717) is 17.5 Å². The lowest BCUT2D eigenvalue weighted by Gasteiger charge is -2.33. The summed E-state index contributed by atoms with van der Waals surface area (Å²) >= 11 is 11.8. The summed E-state index contributed by atoms with van der Waals surface area (Å²) in [6, 6.07) is 6.59. The number of hydrogen-bond donors (Lipinski definition) is 1. The minimum Gasteiger partial charge on any atom is -0.351 e. The lowest BCUT2D eigenvalue weighted by Crippen LogP contribution is -2.48. The summed E-state index contributed by atoms with van der Waals surface area (Å²) in [6.07, 6.45) is 4.96. The number of carbonyl (C=O) groups is 2. The highest BCUT2D eigenvalue weighted by molar-refractivity contribution is 6.30. The van der Waals surface area contributed by atoms with Crippen molar-refractivity contribution in [1.82, 2.24) is 10.2 Å². The SMILES string of the molecule is CCCN(C(=O)CCl)[C@H](C(=O)NC1CCC(C)CC1)c1ccc(Cl)cc1. The Balaban J connectivity index is 2.24. The van der Waals surface area contributed by atoms with Gasteiger partial charge in [0.2, 0.25) is 11.8 Å². The zero-order chi connectivity index (χ0) is 19.1. The van der Waals surface area contributed by atoms with Crippen molar-refractivity contribution >= 4 is 35.0 Å².